The third-order valence-corrected chi connectivity index (χ3v) is 3.04. The van der Waals surface area contributed by atoms with Gasteiger partial charge < -0.3 is 4.74 Å². The molecule has 5 nitrogen and oxygen atoms in total. The molecule has 0 N–H and O–H groups in total. The van der Waals surface area contributed by atoms with Gasteiger partial charge in [0.05, 0.1) is 18.9 Å². The Morgan fingerprint density at radius 2 is 1.90 bits per heavy atom. The second kappa shape index (κ2) is 6.34. The first kappa shape index (κ1) is 14.3. The molecule has 0 spiro atoms. The van der Waals surface area contributed by atoms with Gasteiger partial charge in [0.1, 0.15) is 0 Å². The zero-order valence-electron chi connectivity index (χ0n) is 12.0. The number of benzene rings is 1. The number of aromatic nitrogens is 2. The lowest BCUT2D eigenvalue weighted by Crippen LogP contribution is -2.17. The van der Waals surface area contributed by atoms with Crippen molar-refractivity contribution in [1.82, 2.24) is 14.7 Å². The molecule has 1 aromatic carbocycles. The van der Waals surface area contributed by atoms with Crippen molar-refractivity contribution in [3.8, 4) is 0 Å². The van der Waals surface area contributed by atoms with E-state index in [9.17, 15) is 4.79 Å². The molecule has 1 aromatic heterocycles. The number of carbonyl (C=O) groups is 1. The number of aryl methyl sites for hydroxylation is 1. The molecule has 0 aliphatic heterocycles. The van der Waals surface area contributed by atoms with Crippen LogP contribution in [0.5, 0.6) is 0 Å². The number of esters is 1. The summed E-state index contributed by atoms with van der Waals surface area (Å²) in [6.45, 7) is 1.66. The first-order valence-corrected chi connectivity index (χ1v) is 6.42. The Labute approximate surface area is 118 Å². The molecule has 5 heteroatoms. The number of hydrogen-bond acceptors (Lipinski definition) is 4. The molecule has 106 valence electrons. The van der Waals surface area contributed by atoms with Crippen LogP contribution >= 0.6 is 0 Å². The number of methoxy groups -OCH3 is 1. The van der Waals surface area contributed by atoms with Gasteiger partial charge in [-0.15, -0.1) is 0 Å². The SMILES string of the molecule is COC(=O)c1ccc(CN(C)Cc2cnn(C)c2)cc1. The van der Waals surface area contributed by atoms with Gasteiger partial charge in [-0.25, -0.2) is 4.79 Å². The van der Waals surface area contributed by atoms with Crippen LogP contribution in [0.1, 0.15) is 21.5 Å². The van der Waals surface area contributed by atoms with E-state index in [1.165, 1.54) is 12.7 Å². The van der Waals surface area contributed by atoms with Crippen molar-refractivity contribution in [3.05, 3.63) is 53.3 Å². The number of ether oxygens (including phenoxy) is 1. The highest BCUT2D eigenvalue weighted by molar-refractivity contribution is 5.89. The monoisotopic (exact) mass is 273 g/mol. The molecule has 2 rings (SSSR count). The molecule has 0 bridgehead atoms. The van der Waals surface area contributed by atoms with Crippen molar-refractivity contribution in [1.29, 1.82) is 0 Å². The van der Waals surface area contributed by atoms with Gasteiger partial charge in [0.15, 0.2) is 0 Å². The highest BCUT2D eigenvalue weighted by Crippen LogP contribution is 2.10. The minimum atomic E-state index is -0.305. The predicted octanol–water partition coefficient (Wildman–Crippen LogP) is 1.84. The zero-order valence-corrected chi connectivity index (χ0v) is 12.0. The Bertz CT molecular complexity index is 575. The fourth-order valence-corrected chi connectivity index (χ4v) is 2.10. The number of rotatable bonds is 5. The largest absolute Gasteiger partial charge is 0.465 e. The molecule has 1 heterocycles. The maximum atomic E-state index is 11.3. The van der Waals surface area contributed by atoms with Crippen LogP contribution in [0.4, 0.5) is 0 Å². The predicted molar refractivity (Wildman–Crippen MR) is 76.2 cm³/mol. The molecular weight excluding hydrogens is 254 g/mol. The van der Waals surface area contributed by atoms with Gasteiger partial charge in [-0.1, -0.05) is 12.1 Å². The summed E-state index contributed by atoms with van der Waals surface area (Å²) >= 11 is 0. The molecule has 0 aliphatic carbocycles. The van der Waals surface area contributed by atoms with Crippen LogP contribution < -0.4 is 0 Å². The highest BCUT2D eigenvalue weighted by Gasteiger charge is 2.06. The molecule has 0 fully saturated rings. The summed E-state index contributed by atoms with van der Waals surface area (Å²) in [6, 6.07) is 7.48. The van der Waals surface area contributed by atoms with E-state index in [1.54, 1.807) is 16.8 Å². The summed E-state index contributed by atoms with van der Waals surface area (Å²) in [5, 5.41) is 4.16. The molecule has 2 aromatic rings. The zero-order chi connectivity index (χ0) is 14.5. The molecule has 0 saturated heterocycles. The molecule has 0 saturated carbocycles. The lowest BCUT2D eigenvalue weighted by Gasteiger charge is -2.15. The number of hydrogen-bond donors (Lipinski definition) is 0. The Morgan fingerprint density at radius 1 is 1.25 bits per heavy atom. The summed E-state index contributed by atoms with van der Waals surface area (Å²) in [7, 11) is 5.36. The van der Waals surface area contributed by atoms with Gasteiger partial charge in [0.2, 0.25) is 0 Å². The van der Waals surface area contributed by atoms with Crippen LogP contribution in [0, 0.1) is 0 Å². The van der Waals surface area contributed by atoms with E-state index in [-0.39, 0.29) is 5.97 Å². The van der Waals surface area contributed by atoms with Crippen LogP contribution in [0.2, 0.25) is 0 Å². The third-order valence-electron chi connectivity index (χ3n) is 3.04. The fourth-order valence-electron chi connectivity index (χ4n) is 2.10. The fraction of sp³-hybridized carbons (Fsp3) is 0.333. The van der Waals surface area contributed by atoms with Crippen molar-refractivity contribution >= 4 is 5.97 Å². The van der Waals surface area contributed by atoms with E-state index in [0.717, 1.165) is 18.7 Å². The second-order valence-electron chi connectivity index (χ2n) is 4.88. The molecule has 0 aliphatic rings. The average Bonchev–Trinajstić information content (AvgIpc) is 2.84. The van der Waals surface area contributed by atoms with Crippen LogP contribution in [-0.2, 0) is 24.9 Å². The maximum absolute atomic E-state index is 11.3. The normalized spacial score (nSPS) is 10.8. The van der Waals surface area contributed by atoms with Crippen LogP contribution in [0.3, 0.4) is 0 Å². The van der Waals surface area contributed by atoms with Crippen LogP contribution in [0.15, 0.2) is 36.7 Å². The van der Waals surface area contributed by atoms with Crippen molar-refractivity contribution in [2.24, 2.45) is 7.05 Å². The minimum absolute atomic E-state index is 0.305. The summed E-state index contributed by atoms with van der Waals surface area (Å²) in [5.41, 5.74) is 2.91. The van der Waals surface area contributed by atoms with Crippen LogP contribution in [-0.4, -0.2) is 34.8 Å². The molecule has 0 atom stereocenters. The first-order valence-electron chi connectivity index (χ1n) is 6.42. The average molecular weight is 273 g/mol. The quantitative estimate of drug-likeness (QED) is 0.780. The van der Waals surface area contributed by atoms with E-state index in [0.29, 0.717) is 5.56 Å². The molecule has 0 amide bonds. The smallest absolute Gasteiger partial charge is 0.337 e. The van der Waals surface area contributed by atoms with Gasteiger partial charge >= 0.3 is 5.97 Å². The van der Waals surface area contributed by atoms with E-state index in [4.69, 9.17) is 0 Å². The second-order valence-corrected chi connectivity index (χ2v) is 4.88. The Kier molecular flexibility index (Phi) is 4.53. The van der Waals surface area contributed by atoms with Gasteiger partial charge in [0.25, 0.3) is 0 Å². The maximum Gasteiger partial charge on any atom is 0.337 e. The summed E-state index contributed by atoms with van der Waals surface area (Å²) in [6.07, 6.45) is 3.88. The van der Waals surface area contributed by atoms with E-state index in [2.05, 4.69) is 21.8 Å². The Balaban J connectivity index is 1.94. The molecule has 20 heavy (non-hydrogen) atoms. The number of carbonyl (C=O) groups excluding carboxylic acids is 1. The van der Waals surface area contributed by atoms with Gasteiger partial charge in [-0.05, 0) is 24.7 Å². The summed E-state index contributed by atoms with van der Waals surface area (Å²) < 4.78 is 6.48. The van der Waals surface area contributed by atoms with Gasteiger partial charge in [-0.2, -0.15) is 5.10 Å². The number of nitrogens with zero attached hydrogens (tertiary/aromatic N) is 3. The lowest BCUT2D eigenvalue weighted by atomic mass is 10.1. The third kappa shape index (κ3) is 3.68. The minimum Gasteiger partial charge on any atom is -0.465 e. The van der Waals surface area contributed by atoms with E-state index < -0.39 is 0 Å². The molecule has 0 radical (unpaired) electrons. The van der Waals surface area contributed by atoms with Gasteiger partial charge in [-0.3, -0.25) is 9.58 Å². The standard InChI is InChI=1S/C15H19N3O2/c1-17(10-13-8-16-18(2)11-13)9-12-4-6-14(7-5-12)15(19)20-3/h4-8,11H,9-10H2,1-3H3. The van der Waals surface area contributed by atoms with Crippen molar-refractivity contribution in [2.45, 2.75) is 13.1 Å². The highest BCUT2D eigenvalue weighted by atomic mass is 16.5. The van der Waals surface area contributed by atoms with Crippen LogP contribution in [0.25, 0.3) is 0 Å². The van der Waals surface area contributed by atoms with E-state index in [1.807, 2.05) is 31.6 Å². The molecular formula is C15H19N3O2. The Hall–Kier alpha value is -2.14. The first-order chi connectivity index (χ1) is 9.58. The summed E-state index contributed by atoms with van der Waals surface area (Å²) in [4.78, 5) is 13.5. The topological polar surface area (TPSA) is 47.4 Å². The van der Waals surface area contributed by atoms with Gasteiger partial charge in [0, 0.05) is 31.9 Å². The lowest BCUT2D eigenvalue weighted by molar-refractivity contribution is 0.0600. The van der Waals surface area contributed by atoms with Crippen molar-refractivity contribution in [2.75, 3.05) is 14.2 Å². The van der Waals surface area contributed by atoms with E-state index >= 15 is 0 Å². The summed E-state index contributed by atoms with van der Waals surface area (Å²) in [5.74, 6) is -0.305. The van der Waals surface area contributed by atoms with Crippen molar-refractivity contribution < 1.29 is 9.53 Å². The van der Waals surface area contributed by atoms with Crippen molar-refractivity contribution in [3.63, 3.8) is 0 Å². The molecule has 0 unspecified atom stereocenters. The Morgan fingerprint density at radius 3 is 2.45 bits per heavy atom.